The normalized spacial score (nSPS) is 12.3. The van der Waals surface area contributed by atoms with Gasteiger partial charge in [0.25, 0.3) is 5.91 Å². The van der Waals surface area contributed by atoms with Crippen LogP contribution in [0.5, 0.6) is 0 Å². The minimum Gasteiger partial charge on any atom is -0.341 e. The summed E-state index contributed by atoms with van der Waals surface area (Å²) >= 11 is 0. The van der Waals surface area contributed by atoms with Gasteiger partial charge in [-0.1, -0.05) is 36.4 Å². The molecule has 0 aliphatic rings. The van der Waals surface area contributed by atoms with E-state index in [2.05, 4.69) is 5.32 Å². The highest BCUT2D eigenvalue weighted by atomic mass is 19.4. The molecule has 2 amide bonds. The summed E-state index contributed by atoms with van der Waals surface area (Å²) in [5.41, 5.74) is -0.379. The first-order valence-corrected chi connectivity index (χ1v) is 7.96. The number of carbonyl (C=O) groups is 2. The van der Waals surface area contributed by atoms with Gasteiger partial charge in [-0.15, -0.1) is 0 Å². The smallest absolute Gasteiger partial charge is 0.341 e. The number of hydrogen-bond acceptors (Lipinski definition) is 2. The van der Waals surface area contributed by atoms with Crippen molar-refractivity contribution in [3.05, 3.63) is 71.3 Å². The molecular weight excluding hydrogens is 345 g/mol. The van der Waals surface area contributed by atoms with E-state index in [9.17, 15) is 22.8 Å². The lowest BCUT2D eigenvalue weighted by Gasteiger charge is -2.23. The lowest BCUT2D eigenvalue weighted by Crippen LogP contribution is -2.45. The molecule has 0 aliphatic heterocycles. The van der Waals surface area contributed by atoms with E-state index in [1.807, 2.05) is 0 Å². The lowest BCUT2D eigenvalue weighted by molar-refractivity contribution is -0.139. The van der Waals surface area contributed by atoms with Crippen LogP contribution in [0.25, 0.3) is 0 Å². The standard InChI is InChI=1S/C19H19F3N2O2/c1-13(23-17(25)14-8-4-3-5-9-14)18(26)24(2)12-15-10-6-7-11-16(15)19(20,21)22/h3-11,13H,12H2,1-2H3,(H,23,25). The van der Waals surface area contributed by atoms with Gasteiger partial charge in [0, 0.05) is 19.2 Å². The van der Waals surface area contributed by atoms with E-state index in [-0.39, 0.29) is 12.1 Å². The van der Waals surface area contributed by atoms with Gasteiger partial charge in [-0.3, -0.25) is 9.59 Å². The zero-order valence-electron chi connectivity index (χ0n) is 14.4. The number of halogens is 3. The first-order chi connectivity index (χ1) is 12.2. The van der Waals surface area contributed by atoms with E-state index in [1.54, 1.807) is 30.3 Å². The Morgan fingerprint density at radius 3 is 2.23 bits per heavy atom. The zero-order valence-corrected chi connectivity index (χ0v) is 14.4. The summed E-state index contributed by atoms with van der Waals surface area (Å²) in [5.74, 6) is -0.901. The quantitative estimate of drug-likeness (QED) is 0.883. The predicted octanol–water partition coefficient (Wildman–Crippen LogP) is 3.48. The average Bonchev–Trinajstić information content (AvgIpc) is 2.61. The van der Waals surface area contributed by atoms with Crippen molar-refractivity contribution in [1.29, 1.82) is 0 Å². The second-order valence-electron chi connectivity index (χ2n) is 5.91. The molecule has 0 saturated carbocycles. The van der Waals surface area contributed by atoms with Gasteiger partial charge >= 0.3 is 6.18 Å². The van der Waals surface area contributed by atoms with E-state index >= 15 is 0 Å². The second kappa shape index (κ2) is 8.03. The molecule has 0 saturated heterocycles. The van der Waals surface area contributed by atoms with Gasteiger partial charge in [0.05, 0.1) is 5.56 Å². The van der Waals surface area contributed by atoms with Crippen molar-refractivity contribution in [3.63, 3.8) is 0 Å². The molecule has 2 aromatic rings. The summed E-state index contributed by atoms with van der Waals surface area (Å²) in [5, 5.41) is 2.56. The first kappa shape index (κ1) is 19.5. The van der Waals surface area contributed by atoms with Crippen LogP contribution in [0.1, 0.15) is 28.4 Å². The zero-order chi connectivity index (χ0) is 19.3. The largest absolute Gasteiger partial charge is 0.416 e. The van der Waals surface area contributed by atoms with Gasteiger partial charge in [0.15, 0.2) is 0 Å². The molecule has 2 rings (SSSR count). The lowest BCUT2D eigenvalue weighted by atomic mass is 10.1. The molecule has 0 aliphatic carbocycles. The predicted molar refractivity (Wildman–Crippen MR) is 91.3 cm³/mol. The van der Waals surface area contributed by atoms with Crippen LogP contribution in [0.3, 0.4) is 0 Å². The number of carbonyl (C=O) groups excluding carboxylic acids is 2. The first-order valence-electron chi connectivity index (χ1n) is 7.96. The number of benzene rings is 2. The van der Waals surface area contributed by atoms with Gasteiger partial charge in [-0.25, -0.2) is 0 Å². The molecule has 1 N–H and O–H groups in total. The topological polar surface area (TPSA) is 49.4 Å². The molecule has 2 aromatic carbocycles. The fourth-order valence-electron chi connectivity index (χ4n) is 2.53. The van der Waals surface area contributed by atoms with Crippen molar-refractivity contribution in [2.75, 3.05) is 7.05 Å². The van der Waals surface area contributed by atoms with Gasteiger partial charge < -0.3 is 10.2 Å². The Kier molecular flexibility index (Phi) is 6.02. The van der Waals surface area contributed by atoms with Crippen molar-refractivity contribution < 1.29 is 22.8 Å². The van der Waals surface area contributed by atoms with Crippen LogP contribution in [-0.2, 0) is 17.5 Å². The number of nitrogens with zero attached hydrogens (tertiary/aromatic N) is 1. The minimum absolute atomic E-state index is 0.00237. The molecule has 0 radical (unpaired) electrons. The Morgan fingerprint density at radius 1 is 1.04 bits per heavy atom. The molecule has 4 nitrogen and oxygen atoms in total. The van der Waals surface area contributed by atoms with E-state index in [4.69, 9.17) is 0 Å². The van der Waals surface area contributed by atoms with E-state index < -0.39 is 29.6 Å². The van der Waals surface area contributed by atoms with Crippen LogP contribution < -0.4 is 5.32 Å². The maximum Gasteiger partial charge on any atom is 0.416 e. The van der Waals surface area contributed by atoms with Crippen molar-refractivity contribution in [2.45, 2.75) is 25.7 Å². The van der Waals surface area contributed by atoms with Crippen LogP contribution >= 0.6 is 0 Å². The molecule has 0 spiro atoms. The fourth-order valence-corrected chi connectivity index (χ4v) is 2.53. The summed E-state index contributed by atoms with van der Waals surface area (Å²) in [6, 6.07) is 12.6. The molecule has 0 fully saturated rings. The van der Waals surface area contributed by atoms with Gasteiger partial charge in [0.2, 0.25) is 5.91 Å². The minimum atomic E-state index is -4.49. The van der Waals surface area contributed by atoms with Crippen LogP contribution in [0.4, 0.5) is 13.2 Å². The molecular formula is C19H19F3N2O2. The molecule has 7 heteroatoms. The van der Waals surface area contributed by atoms with E-state index in [1.165, 1.54) is 37.1 Å². The molecule has 0 heterocycles. The summed E-state index contributed by atoms with van der Waals surface area (Å²) in [4.78, 5) is 25.7. The van der Waals surface area contributed by atoms with E-state index in [0.29, 0.717) is 5.56 Å². The highest BCUT2D eigenvalue weighted by Gasteiger charge is 2.33. The number of amides is 2. The van der Waals surface area contributed by atoms with Crippen molar-refractivity contribution in [3.8, 4) is 0 Å². The van der Waals surface area contributed by atoms with Gasteiger partial charge in [-0.2, -0.15) is 13.2 Å². The maximum absolute atomic E-state index is 13.1. The molecule has 0 bridgehead atoms. The third-order valence-electron chi connectivity index (χ3n) is 3.86. The fraction of sp³-hybridized carbons (Fsp3) is 0.263. The number of alkyl halides is 3. The second-order valence-corrected chi connectivity index (χ2v) is 5.91. The molecule has 26 heavy (non-hydrogen) atoms. The Balaban J connectivity index is 2.05. The van der Waals surface area contributed by atoms with Crippen molar-refractivity contribution in [1.82, 2.24) is 10.2 Å². The van der Waals surface area contributed by atoms with Gasteiger partial charge in [0.1, 0.15) is 6.04 Å². The number of likely N-dealkylation sites (N-methyl/N-ethyl adjacent to an activating group) is 1. The van der Waals surface area contributed by atoms with E-state index in [0.717, 1.165) is 6.07 Å². The Labute approximate surface area is 149 Å². The average molecular weight is 364 g/mol. The Morgan fingerprint density at radius 2 is 1.62 bits per heavy atom. The Hall–Kier alpha value is -2.83. The molecule has 1 unspecified atom stereocenters. The third kappa shape index (κ3) is 4.84. The Bertz CT molecular complexity index is 776. The van der Waals surface area contributed by atoms with Crippen LogP contribution in [0.15, 0.2) is 54.6 Å². The molecule has 1 atom stereocenters. The summed E-state index contributed by atoms with van der Waals surface area (Å²) in [6.45, 7) is 1.29. The highest BCUT2D eigenvalue weighted by molar-refractivity contribution is 5.97. The van der Waals surface area contributed by atoms with Crippen molar-refractivity contribution >= 4 is 11.8 Å². The molecule has 138 valence electrons. The maximum atomic E-state index is 13.1. The van der Waals surface area contributed by atoms with Crippen LogP contribution in [-0.4, -0.2) is 29.8 Å². The SMILES string of the molecule is CC(NC(=O)c1ccccc1)C(=O)N(C)Cc1ccccc1C(F)(F)F. The molecule has 0 aromatic heterocycles. The monoisotopic (exact) mass is 364 g/mol. The summed E-state index contributed by atoms with van der Waals surface area (Å²) < 4.78 is 39.2. The van der Waals surface area contributed by atoms with Gasteiger partial charge in [-0.05, 0) is 30.7 Å². The highest BCUT2D eigenvalue weighted by Crippen LogP contribution is 2.32. The van der Waals surface area contributed by atoms with Crippen LogP contribution in [0.2, 0.25) is 0 Å². The summed E-state index contributed by atoms with van der Waals surface area (Å²) in [6.07, 6.45) is -4.49. The number of nitrogens with one attached hydrogen (secondary N) is 1. The number of rotatable bonds is 5. The third-order valence-corrected chi connectivity index (χ3v) is 3.86. The van der Waals surface area contributed by atoms with Crippen molar-refractivity contribution in [2.24, 2.45) is 0 Å². The summed E-state index contributed by atoms with van der Waals surface area (Å²) in [7, 11) is 1.40. The van der Waals surface area contributed by atoms with Crippen LogP contribution in [0, 0.1) is 0 Å². The number of hydrogen-bond donors (Lipinski definition) is 1.